The lowest BCUT2D eigenvalue weighted by Gasteiger charge is -2.11. The van der Waals surface area contributed by atoms with E-state index < -0.39 is 0 Å². The Bertz CT molecular complexity index is 978. The van der Waals surface area contributed by atoms with E-state index >= 15 is 0 Å². The summed E-state index contributed by atoms with van der Waals surface area (Å²) in [6.45, 7) is 2.46. The number of methoxy groups -OCH3 is 1. The van der Waals surface area contributed by atoms with E-state index in [1.54, 1.807) is 37.6 Å². The van der Waals surface area contributed by atoms with Crippen LogP contribution in [0.25, 0.3) is 0 Å². The number of halogens is 1. The van der Waals surface area contributed by atoms with Crippen molar-refractivity contribution in [2.45, 2.75) is 13.3 Å². The van der Waals surface area contributed by atoms with Crippen LogP contribution in [0.1, 0.15) is 21.6 Å². The summed E-state index contributed by atoms with van der Waals surface area (Å²) in [5.74, 6) is 0.918. The highest BCUT2D eigenvalue weighted by atomic mass is 35.5. The van der Waals surface area contributed by atoms with Gasteiger partial charge in [0, 0.05) is 23.5 Å². The Labute approximate surface area is 168 Å². The molecule has 0 saturated carbocycles. The van der Waals surface area contributed by atoms with E-state index in [1.807, 2.05) is 31.2 Å². The minimum Gasteiger partial charge on any atom is -0.496 e. The normalized spacial score (nSPS) is 10.4. The van der Waals surface area contributed by atoms with Crippen LogP contribution in [0.4, 0.5) is 11.6 Å². The van der Waals surface area contributed by atoms with Gasteiger partial charge in [0.15, 0.2) is 0 Å². The van der Waals surface area contributed by atoms with Gasteiger partial charge in [-0.1, -0.05) is 35.9 Å². The first kappa shape index (κ1) is 19.6. The lowest BCUT2D eigenvalue weighted by molar-refractivity contribution is 0.102. The molecule has 28 heavy (non-hydrogen) atoms. The maximum absolute atomic E-state index is 12.5. The van der Waals surface area contributed by atoms with Crippen LogP contribution < -0.4 is 15.4 Å². The number of carbonyl (C=O) groups excluding carboxylic acids is 1. The third-order valence-electron chi connectivity index (χ3n) is 4.27. The third-order valence-corrected chi connectivity index (χ3v) is 4.68. The number of benzene rings is 2. The van der Waals surface area contributed by atoms with Crippen LogP contribution in [0, 0.1) is 6.92 Å². The first-order valence-electron chi connectivity index (χ1n) is 8.83. The molecule has 1 heterocycles. The van der Waals surface area contributed by atoms with Crippen molar-refractivity contribution in [1.82, 2.24) is 9.97 Å². The number of nitrogens with zero attached hydrogens (tertiary/aromatic N) is 2. The zero-order valence-corrected chi connectivity index (χ0v) is 16.5. The second-order valence-electron chi connectivity index (χ2n) is 6.12. The number of para-hydroxylation sites is 1. The third kappa shape index (κ3) is 4.78. The highest BCUT2D eigenvalue weighted by Crippen LogP contribution is 2.23. The summed E-state index contributed by atoms with van der Waals surface area (Å²) in [6.07, 6.45) is 2.30. The van der Waals surface area contributed by atoms with Crippen molar-refractivity contribution in [3.63, 3.8) is 0 Å². The van der Waals surface area contributed by atoms with Gasteiger partial charge in [0.25, 0.3) is 5.91 Å². The van der Waals surface area contributed by atoms with Gasteiger partial charge < -0.3 is 15.4 Å². The zero-order chi connectivity index (χ0) is 19.9. The van der Waals surface area contributed by atoms with E-state index in [4.69, 9.17) is 16.3 Å². The summed E-state index contributed by atoms with van der Waals surface area (Å²) in [7, 11) is 1.65. The molecule has 1 aromatic heterocycles. The topological polar surface area (TPSA) is 76.1 Å². The molecule has 0 unspecified atom stereocenters. The Morgan fingerprint density at radius 3 is 2.79 bits per heavy atom. The number of amides is 1. The summed E-state index contributed by atoms with van der Waals surface area (Å²) in [5.41, 5.74) is 2.82. The molecular weight excluding hydrogens is 376 g/mol. The number of hydrogen-bond donors (Lipinski definition) is 2. The van der Waals surface area contributed by atoms with Crippen molar-refractivity contribution < 1.29 is 9.53 Å². The molecule has 2 aromatic carbocycles. The average molecular weight is 397 g/mol. The van der Waals surface area contributed by atoms with Crippen LogP contribution >= 0.6 is 11.6 Å². The smallest absolute Gasteiger partial charge is 0.274 e. The first-order chi connectivity index (χ1) is 13.6. The van der Waals surface area contributed by atoms with Crippen LogP contribution in [-0.4, -0.2) is 29.5 Å². The molecule has 0 saturated heterocycles. The maximum atomic E-state index is 12.5. The molecule has 3 aromatic rings. The fraction of sp³-hybridized carbons (Fsp3) is 0.190. The number of carbonyl (C=O) groups is 1. The number of ether oxygens (including phenoxy) is 1. The molecule has 0 bridgehead atoms. The predicted molar refractivity (Wildman–Crippen MR) is 111 cm³/mol. The van der Waals surface area contributed by atoms with Crippen molar-refractivity contribution in [3.05, 3.63) is 76.6 Å². The Hall–Kier alpha value is -3.12. The number of nitrogens with one attached hydrogen (secondary N) is 2. The highest BCUT2D eigenvalue weighted by Gasteiger charge is 2.11. The quantitative estimate of drug-likeness (QED) is 0.620. The molecule has 0 aliphatic carbocycles. The molecular formula is C21H21ClN4O2. The molecule has 7 heteroatoms. The lowest BCUT2D eigenvalue weighted by Crippen LogP contribution is -2.16. The van der Waals surface area contributed by atoms with E-state index in [2.05, 4.69) is 20.6 Å². The second kappa shape index (κ2) is 9.19. The fourth-order valence-electron chi connectivity index (χ4n) is 2.72. The number of hydrogen-bond acceptors (Lipinski definition) is 5. The first-order valence-corrected chi connectivity index (χ1v) is 9.21. The summed E-state index contributed by atoms with van der Waals surface area (Å²) >= 11 is 6.10. The van der Waals surface area contributed by atoms with Crippen molar-refractivity contribution >= 4 is 29.1 Å². The Morgan fingerprint density at radius 1 is 1.14 bits per heavy atom. The number of aromatic nitrogens is 2. The molecule has 0 fully saturated rings. The SMILES string of the molecule is COc1ccccc1CCNc1nccc(C(=O)Nc2cccc(Cl)c2C)n1. The summed E-state index contributed by atoms with van der Waals surface area (Å²) in [6, 6.07) is 14.8. The summed E-state index contributed by atoms with van der Waals surface area (Å²) in [4.78, 5) is 21.0. The molecule has 0 aliphatic heterocycles. The van der Waals surface area contributed by atoms with Gasteiger partial charge in [0.2, 0.25) is 5.95 Å². The minimum absolute atomic E-state index is 0.272. The largest absolute Gasteiger partial charge is 0.496 e. The summed E-state index contributed by atoms with van der Waals surface area (Å²) in [5, 5.41) is 6.58. The van der Waals surface area contributed by atoms with Crippen LogP contribution in [0.3, 0.4) is 0 Å². The van der Waals surface area contributed by atoms with E-state index in [1.165, 1.54) is 0 Å². The lowest BCUT2D eigenvalue weighted by atomic mass is 10.1. The predicted octanol–water partition coefficient (Wildman–Crippen LogP) is 4.35. The number of rotatable bonds is 7. The van der Waals surface area contributed by atoms with Gasteiger partial charge in [0.1, 0.15) is 11.4 Å². The van der Waals surface area contributed by atoms with Gasteiger partial charge in [-0.05, 0) is 48.7 Å². The molecule has 1 amide bonds. The monoisotopic (exact) mass is 396 g/mol. The highest BCUT2D eigenvalue weighted by molar-refractivity contribution is 6.31. The average Bonchev–Trinajstić information content (AvgIpc) is 2.72. The van der Waals surface area contributed by atoms with Crippen molar-refractivity contribution in [3.8, 4) is 5.75 Å². The molecule has 6 nitrogen and oxygen atoms in total. The maximum Gasteiger partial charge on any atom is 0.274 e. The molecule has 0 aliphatic rings. The molecule has 0 atom stereocenters. The van der Waals surface area contributed by atoms with Gasteiger partial charge in [-0.25, -0.2) is 9.97 Å². The molecule has 144 valence electrons. The molecule has 3 rings (SSSR count). The molecule has 0 spiro atoms. The van der Waals surface area contributed by atoms with Crippen molar-refractivity contribution in [2.75, 3.05) is 24.3 Å². The van der Waals surface area contributed by atoms with Gasteiger partial charge >= 0.3 is 0 Å². The van der Waals surface area contributed by atoms with E-state index in [-0.39, 0.29) is 11.6 Å². The van der Waals surface area contributed by atoms with Gasteiger partial charge in [-0.3, -0.25) is 4.79 Å². The Morgan fingerprint density at radius 2 is 1.96 bits per heavy atom. The van der Waals surface area contributed by atoms with E-state index in [0.29, 0.717) is 23.2 Å². The van der Waals surface area contributed by atoms with Crippen molar-refractivity contribution in [1.29, 1.82) is 0 Å². The minimum atomic E-state index is -0.319. The zero-order valence-electron chi connectivity index (χ0n) is 15.7. The van der Waals surface area contributed by atoms with Crippen molar-refractivity contribution in [2.24, 2.45) is 0 Å². The van der Waals surface area contributed by atoms with Gasteiger partial charge in [0.05, 0.1) is 7.11 Å². The van der Waals surface area contributed by atoms with E-state index in [0.717, 1.165) is 23.3 Å². The number of anilines is 2. The van der Waals surface area contributed by atoms with Crippen LogP contribution in [0.5, 0.6) is 5.75 Å². The Kier molecular flexibility index (Phi) is 6.45. The second-order valence-corrected chi connectivity index (χ2v) is 6.53. The fourth-order valence-corrected chi connectivity index (χ4v) is 2.89. The van der Waals surface area contributed by atoms with Crippen LogP contribution in [-0.2, 0) is 6.42 Å². The Balaban J connectivity index is 1.63. The summed E-state index contributed by atoms with van der Waals surface area (Å²) < 4.78 is 5.35. The van der Waals surface area contributed by atoms with Crippen LogP contribution in [0.2, 0.25) is 5.02 Å². The standard InChI is InChI=1S/C21H21ClN4O2/c1-14-16(22)7-5-8-17(14)25-20(27)18-11-13-24-21(26-18)23-12-10-15-6-3-4-9-19(15)28-2/h3-9,11,13H,10,12H2,1-2H3,(H,25,27)(H,23,24,26). The van der Waals surface area contributed by atoms with E-state index in [9.17, 15) is 4.79 Å². The van der Waals surface area contributed by atoms with Crippen LogP contribution in [0.15, 0.2) is 54.7 Å². The molecule has 0 radical (unpaired) electrons. The van der Waals surface area contributed by atoms with Gasteiger partial charge in [-0.2, -0.15) is 0 Å². The van der Waals surface area contributed by atoms with Gasteiger partial charge in [-0.15, -0.1) is 0 Å². The molecule has 2 N–H and O–H groups in total.